The highest BCUT2D eigenvalue weighted by atomic mass is 16.3. The van der Waals surface area contributed by atoms with Gasteiger partial charge in [0.25, 0.3) is 0 Å². The molecular formula is C15H22N4O2. The topological polar surface area (TPSA) is 59.9 Å². The van der Waals surface area contributed by atoms with Gasteiger partial charge in [-0.05, 0) is 18.6 Å². The number of aliphatic hydroxyl groups is 1. The van der Waals surface area contributed by atoms with E-state index in [9.17, 15) is 9.90 Å². The van der Waals surface area contributed by atoms with Gasteiger partial charge in [0.05, 0.1) is 12.6 Å². The summed E-state index contributed by atoms with van der Waals surface area (Å²) in [5, 5.41) is 9.49. The lowest BCUT2D eigenvalue weighted by molar-refractivity contribution is -0.131. The molecule has 2 aliphatic heterocycles. The van der Waals surface area contributed by atoms with Crippen molar-refractivity contribution in [3.05, 3.63) is 24.4 Å². The molecular weight excluding hydrogens is 268 g/mol. The highest BCUT2D eigenvalue weighted by Crippen LogP contribution is 2.13. The smallest absolute Gasteiger partial charge is 0.236 e. The number of anilines is 1. The standard InChI is InChI=1S/C15H22N4O2/c20-13-4-6-19(11-13)15(21)12-17-7-9-18(10-8-17)14-3-1-2-5-16-14/h1-3,5,13,20H,4,6-12H2/t13-/m1/s1. The van der Waals surface area contributed by atoms with E-state index < -0.39 is 0 Å². The van der Waals surface area contributed by atoms with Gasteiger partial charge >= 0.3 is 0 Å². The highest BCUT2D eigenvalue weighted by molar-refractivity contribution is 5.78. The van der Waals surface area contributed by atoms with E-state index >= 15 is 0 Å². The van der Waals surface area contributed by atoms with Crippen molar-refractivity contribution in [2.75, 3.05) is 50.7 Å². The van der Waals surface area contributed by atoms with Crippen LogP contribution in [0.1, 0.15) is 6.42 Å². The van der Waals surface area contributed by atoms with Crippen molar-refractivity contribution < 1.29 is 9.90 Å². The van der Waals surface area contributed by atoms with Crippen LogP contribution in [0.2, 0.25) is 0 Å². The molecule has 3 rings (SSSR count). The highest BCUT2D eigenvalue weighted by Gasteiger charge is 2.27. The third-order valence-corrected chi connectivity index (χ3v) is 4.22. The molecule has 1 aromatic rings. The second-order valence-electron chi connectivity index (χ2n) is 5.73. The Morgan fingerprint density at radius 3 is 2.67 bits per heavy atom. The fourth-order valence-corrected chi connectivity index (χ4v) is 2.94. The summed E-state index contributed by atoms with van der Waals surface area (Å²) < 4.78 is 0. The van der Waals surface area contributed by atoms with Gasteiger partial charge in [0.2, 0.25) is 5.91 Å². The number of aromatic nitrogens is 1. The minimum atomic E-state index is -0.338. The first-order valence-corrected chi connectivity index (χ1v) is 7.56. The van der Waals surface area contributed by atoms with Crippen LogP contribution in [0.5, 0.6) is 0 Å². The Kier molecular flexibility index (Phi) is 4.36. The Hall–Kier alpha value is -1.66. The lowest BCUT2D eigenvalue weighted by atomic mass is 10.3. The molecule has 6 heteroatoms. The Bertz CT molecular complexity index is 474. The van der Waals surface area contributed by atoms with Crippen LogP contribution in [0.4, 0.5) is 5.82 Å². The van der Waals surface area contributed by atoms with Crippen LogP contribution in [0, 0.1) is 0 Å². The van der Waals surface area contributed by atoms with Gasteiger partial charge in [-0.1, -0.05) is 6.07 Å². The number of hydrogen-bond acceptors (Lipinski definition) is 5. The minimum Gasteiger partial charge on any atom is -0.391 e. The number of pyridine rings is 1. The van der Waals surface area contributed by atoms with Crippen LogP contribution in [0.25, 0.3) is 0 Å². The lowest BCUT2D eigenvalue weighted by Gasteiger charge is -2.35. The second kappa shape index (κ2) is 6.41. The number of amides is 1. The van der Waals surface area contributed by atoms with Crippen LogP contribution >= 0.6 is 0 Å². The molecule has 1 N–H and O–H groups in total. The SMILES string of the molecule is O=C(CN1CCN(c2ccccn2)CC1)N1CC[C@@H](O)C1. The molecule has 0 unspecified atom stereocenters. The summed E-state index contributed by atoms with van der Waals surface area (Å²) >= 11 is 0. The summed E-state index contributed by atoms with van der Waals surface area (Å²) in [6.07, 6.45) is 2.18. The largest absolute Gasteiger partial charge is 0.391 e. The van der Waals surface area contributed by atoms with Crippen molar-refractivity contribution in [1.29, 1.82) is 0 Å². The van der Waals surface area contributed by atoms with E-state index in [4.69, 9.17) is 0 Å². The zero-order chi connectivity index (χ0) is 14.7. The summed E-state index contributed by atoms with van der Waals surface area (Å²) in [7, 11) is 0. The number of hydrogen-bond donors (Lipinski definition) is 1. The molecule has 0 aromatic carbocycles. The first-order valence-electron chi connectivity index (χ1n) is 7.56. The van der Waals surface area contributed by atoms with Crippen molar-refractivity contribution in [3.63, 3.8) is 0 Å². The molecule has 0 radical (unpaired) electrons. The molecule has 2 aliphatic rings. The molecule has 2 saturated heterocycles. The number of carbonyl (C=O) groups excluding carboxylic acids is 1. The average molecular weight is 290 g/mol. The molecule has 1 atom stereocenters. The quantitative estimate of drug-likeness (QED) is 0.835. The van der Waals surface area contributed by atoms with E-state index in [1.54, 1.807) is 4.90 Å². The summed E-state index contributed by atoms with van der Waals surface area (Å²) in [5.74, 6) is 1.14. The monoisotopic (exact) mass is 290 g/mol. The Balaban J connectivity index is 1.47. The lowest BCUT2D eigenvalue weighted by Crippen LogP contribution is -2.50. The molecule has 6 nitrogen and oxygen atoms in total. The maximum Gasteiger partial charge on any atom is 0.236 e. The van der Waals surface area contributed by atoms with Gasteiger partial charge in [0.15, 0.2) is 0 Å². The van der Waals surface area contributed by atoms with Gasteiger partial charge in [-0.25, -0.2) is 4.98 Å². The van der Waals surface area contributed by atoms with Crippen LogP contribution in [-0.4, -0.2) is 77.7 Å². The molecule has 21 heavy (non-hydrogen) atoms. The third-order valence-electron chi connectivity index (χ3n) is 4.22. The maximum atomic E-state index is 12.2. The summed E-state index contributed by atoms with van der Waals surface area (Å²) in [6.45, 7) is 5.18. The Morgan fingerprint density at radius 1 is 1.24 bits per heavy atom. The fourth-order valence-electron chi connectivity index (χ4n) is 2.94. The van der Waals surface area contributed by atoms with Crippen LogP contribution in [-0.2, 0) is 4.79 Å². The maximum absolute atomic E-state index is 12.2. The van der Waals surface area contributed by atoms with Crippen molar-refractivity contribution in [2.24, 2.45) is 0 Å². The zero-order valence-electron chi connectivity index (χ0n) is 12.2. The molecule has 0 saturated carbocycles. The van der Waals surface area contributed by atoms with Gasteiger partial charge in [-0.3, -0.25) is 9.69 Å². The van der Waals surface area contributed by atoms with E-state index in [2.05, 4.69) is 14.8 Å². The first-order chi connectivity index (χ1) is 10.2. The Labute approximate surface area is 125 Å². The molecule has 1 amide bonds. The van der Waals surface area contributed by atoms with Gasteiger partial charge < -0.3 is 14.9 Å². The molecule has 114 valence electrons. The van der Waals surface area contributed by atoms with Gasteiger partial charge in [-0.2, -0.15) is 0 Å². The predicted octanol–water partition coefficient (Wildman–Crippen LogP) is -0.203. The summed E-state index contributed by atoms with van der Waals surface area (Å²) in [4.78, 5) is 22.7. The average Bonchev–Trinajstić information content (AvgIpc) is 2.96. The van der Waals surface area contributed by atoms with E-state index in [-0.39, 0.29) is 12.0 Å². The Morgan fingerprint density at radius 2 is 2.05 bits per heavy atom. The molecule has 0 spiro atoms. The summed E-state index contributed by atoms with van der Waals surface area (Å²) in [5.41, 5.74) is 0. The van der Waals surface area contributed by atoms with E-state index in [0.29, 0.717) is 26.1 Å². The van der Waals surface area contributed by atoms with Crippen molar-refractivity contribution in [1.82, 2.24) is 14.8 Å². The number of β-amino-alcohol motifs (C(OH)–C–C–N with tert-alkyl or cyclic N) is 1. The van der Waals surface area contributed by atoms with Crippen LogP contribution in [0.3, 0.4) is 0 Å². The minimum absolute atomic E-state index is 0.137. The van der Waals surface area contributed by atoms with Gasteiger partial charge in [0, 0.05) is 45.5 Å². The molecule has 0 bridgehead atoms. The molecule has 2 fully saturated rings. The van der Waals surface area contributed by atoms with Crippen molar-refractivity contribution >= 4 is 11.7 Å². The number of carbonyl (C=O) groups is 1. The molecule has 0 aliphatic carbocycles. The summed E-state index contributed by atoms with van der Waals surface area (Å²) in [6, 6.07) is 5.94. The number of likely N-dealkylation sites (tertiary alicyclic amines) is 1. The van der Waals surface area contributed by atoms with Gasteiger partial charge in [0.1, 0.15) is 5.82 Å². The number of piperazine rings is 1. The van der Waals surface area contributed by atoms with Crippen molar-refractivity contribution in [2.45, 2.75) is 12.5 Å². The number of rotatable bonds is 3. The van der Waals surface area contributed by atoms with E-state index in [1.807, 2.05) is 24.4 Å². The molecule has 1 aromatic heterocycles. The molecule has 3 heterocycles. The van der Waals surface area contributed by atoms with Crippen LogP contribution in [0.15, 0.2) is 24.4 Å². The van der Waals surface area contributed by atoms with E-state index in [0.717, 1.165) is 32.0 Å². The first kappa shape index (κ1) is 14.3. The zero-order valence-corrected chi connectivity index (χ0v) is 12.2. The van der Waals surface area contributed by atoms with E-state index in [1.165, 1.54) is 0 Å². The fraction of sp³-hybridized carbons (Fsp3) is 0.600. The number of aliphatic hydroxyl groups excluding tert-OH is 1. The van der Waals surface area contributed by atoms with Crippen LogP contribution < -0.4 is 4.90 Å². The van der Waals surface area contributed by atoms with Crippen molar-refractivity contribution in [3.8, 4) is 0 Å². The number of nitrogens with zero attached hydrogens (tertiary/aromatic N) is 4. The second-order valence-corrected chi connectivity index (χ2v) is 5.73. The van der Waals surface area contributed by atoms with Gasteiger partial charge in [-0.15, -0.1) is 0 Å². The predicted molar refractivity (Wildman–Crippen MR) is 80.1 cm³/mol. The third kappa shape index (κ3) is 3.51. The normalized spacial score (nSPS) is 23.6.